The molecule has 3 rings (SSSR count). The lowest BCUT2D eigenvalue weighted by atomic mass is 9.35. The van der Waals surface area contributed by atoms with Crippen molar-refractivity contribution < 1.29 is 19.4 Å². The molecule has 0 aromatic heterocycles. The van der Waals surface area contributed by atoms with Crippen molar-refractivity contribution in [2.75, 3.05) is 6.61 Å². The first kappa shape index (κ1) is 10.9. The van der Waals surface area contributed by atoms with Gasteiger partial charge in [0.25, 0.3) is 0 Å². The Morgan fingerprint density at radius 2 is 2.07 bits per heavy atom. The Morgan fingerprint density at radius 3 is 2.47 bits per heavy atom. The van der Waals surface area contributed by atoms with Gasteiger partial charge in [0.2, 0.25) is 0 Å². The molecule has 0 amide bonds. The number of carboxylic acid groups (broad SMARTS) is 1. The number of aliphatic carboxylic acids is 1. The molecule has 0 aliphatic heterocycles. The first-order valence-corrected chi connectivity index (χ1v) is 5.96. The van der Waals surface area contributed by atoms with Gasteiger partial charge in [0.05, 0.1) is 17.4 Å². The molecule has 0 spiro atoms. The van der Waals surface area contributed by atoms with Crippen LogP contribution in [0.1, 0.15) is 26.2 Å². The van der Waals surface area contributed by atoms with E-state index in [0.717, 1.165) is 6.42 Å². The lowest BCUT2D eigenvalue weighted by Gasteiger charge is -2.69. The Morgan fingerprint density at radius 1 is 1.47 bits per heavy atom. The van der Waals surface area contributed by atoms with E-state index in [-0.39, 0.29) is 10.8 Å². The van der Waals surface area contributed by atoms with Crippen LogP contribution in [0.4, 0.5) is 0 Å². The van der Waals surface area contributed by atoms with Crippen LogP contribution in [0.25, 0.3) is 0 Å². The molecule has 15 heavy (non-hydrogen) atoms. The number of carboxylic acids is 1. The summed E-state index contributed by atoms with van der Waals surface area (Å²) in [7, 11) is 0. The number of alkyl halides is 1. The Labute approximate surface area is 96.1 Å². The van der Waals surface area contributed by atoms with Crippen LogP contribution in [0, 0.1) is 10.8 Å². The molecule has 4 nitrogen and oxygen atoms in total. The van der Waals surface area contributed by atoms with E-state index in [1.165, 1.54) is 0 Å². The van der Waals surface area contributed by atoms with Gasteiger partial charge < -0.3 is 9.84 Å². The van der Waals surface area contributed by atoms with Gasteiger partial charge in [-0.2, -0.15) is 0 Å². The number of ether oxygens (including phenoxy) is 1. The summed E-state index contributed by atoms with van der Waals surface area (Å²) in [5.41, 5.74) is -1.25. The molecule has 3 saturated carbocycles. The Hall–Kier alpha value is -0.580. The average Bonchev–Trinajstić information content (AvgIpc) is 2.12. The van der Waals surface area contributed by atoms with Crippen LogP contribution in [-0.2, 0) is 14.3 Å². The first-order chi connectivity index (χ1) is 6.99. The molecule has 0 saturated heterocycles. The van der Waals surface area contributed by atoms with Gasteiger partial charge in [0.15, 0.2) is 0 Å². The average molecular weight is 277 g/mol. The second-order valence-corrected chi connectivity index (χ2v) is 5.39. The third-order valence-electron chi connectivity index (χ3n) is 3.50. The number of hydrogen-bond acceptors (Lipinski definition) is 3. The van der Waals surface area contributed by atoms with Crippen LogP contribution in [0.5, 0.6) is 0 Å². The molecular weight excluding hydrogens is 264 g/mol. The molecule has 0 aromatic rings. The molecule has 1 N–H and O–H groups in total. The van der Waals surface area contributed by atoms with Crippen LogP contribution in [0.3, 0.4) is 0 Å². The van der Waals surface area contributed by atoms with Crippen molar-refractivity contribution in [3.8, 4) is 0 Å². The third kappa shape index (κ3) is 1.13. The lowest BCUT2D eigenvalue weighted by molar-refractivity contribution is -0.227. The van der Waals surface area contributed by atoms with Crippen LogP contribution in [0.15, 0.2) is 0 Å². The predicted octanol–water partition coefficient (Wildman–Crippen LogP) is 1.57. The van der Waals surface area contributed by atoms with E-state index in [1.54, 1.807) is 0 Å². The standard InChI is InChI=1S/C10H13BrO4/c1-2-3-15-8(14)10-4-9(5-10,6(10)11)7(12)13/h6H,2-5H2,1H3,(H,12,13). The van der Waals surface area contributed by atoms with Crippen LogP contribution in [-0.4, -0.2) is 28.5 Å². The fourth-order valence-electron chi connectivity index (χ4n) is 2.55. The molecule has 1 atom stereocenters. The zero-order valence-corrected chi connectivity index (χ0v) is 10.0. The highest BCUT2D eigenvalue weighted by Gasteiger charge is 2.82. The quantitative estimate of drug-likeness (QED) is 0.625. The second kappa shape index (κ2) is 3.20. The smallest absolute Gasteiger partial charge is 0.313 e. The molecule has 3 aliphatic carbocycles. The summed E-state index contributed by atoms with van der Waals surface area (Å²) < 4.78 is 5.07. The number of hydrogen-bond donors (Lipinski definition) is 1. The summed E-state index contributed by atoms with van der Waals surface area (Å²) >= 11 is 3.30. The van der Waals surface area contributed by atoms with Crippen LogP contribution >= 0.6 is 15.9 Å². The fourth-order valence-corrected chi connectivity index (χ4v) is 3.58. The minimum Gasteiger partial charge on any atom is -0.481 e. The van der Waals surface area contributed by atoms with Crippen molar-refractivity contribution in [1.82, 2.24) is 0 Å². The normalized spacial score (nSPS) is 41.3. The zero-order valence-electron chi connectivity index (χ0n) is 8.46. The number of rotatable bonds is 4. The molecule has 1 unspecified atom stereocenters. The van der Waals surface area contributed by atoms with Gasteiger partial charge in [0, 0.05) is 4.83 Å². The highest BCUT2D eigenvalue weighted by Crippen LogP contribution is 2.76. The summed E-state index contributed by atoms with van der Waals surface area (Å²) in [6.45, 7) is 2.35. The SMILES string of the molecule is CCCOC(=O)C12CC(C(=O)O)(C1)C2Br. The largest absolute Gasteiger partial charge is 0.481 e. The van der Waals surface area contributed by atoms with E-state index >= 15 is 0 Å². The van der Waals surface area contributed by atoms with Crippen molar-refractivity contribution in [3.05, 3.63) is 0 Å². The van der Waals surface area contributed by atoms with Gasteiger partial charge in [0.1, 0.15) is 0 Å². The van der Waals surface area contributed by atoms with E-state index in [9.17, 15) is 9.59 Å². The summed E-state index contributed by atoms with van der Waals surface area (Å²) in [4.78, 5) is 22.4. The van der Waals surface area contributed by atoms with Crippen LogP contribution < -0.4 is 0 Å². The molecule has 0 heterocycles. The molecular formula is C10H13BrO4. The second-order valence-electron chi connectivity index (χ2n) is 4.47. The topological polar surface area (TPSA) is 63.6 Å². The third-order valence-corrected chi connectivity index (χ3v) is 5.25. The lowest BCUT2D eigenvalue weighted by Crippen LogP contribution is -2.77. The van der Waals surface area contributed by atoms with E-state index in [4.69, 9.17) is 9.84 Å². The monoisotopic (exact) mass is 276 g/mol. The Bertz CT molecular complexity index is 319. The minimum absolute atomic E-state index is 0.241. The maximum atomic E-state index is 11.7. The zero-order chi connectivity index (χ0) is 11.3. The van der Waals surface area contributed by atoms with Gasteiger partial charge in [-0.05, 0) is 19.3 Å². The van der Waals surface area contributed by atoms with E-state index in [1.807, 2.05) is 6.92 Å². The maximum Gasteiger partial charge on any atom is 0.313 e. The molecule has 0 radical (unpaired) electrons. The van der Waals surface area contributed by atoms with Crippen molar-refractivity contribution >= 4 is 27.9 Å². The summed E-state index contributed by atoms with van der Waals surface area (Å²) in [6, 6.07) is 0. The molecule has 3 aliphatic rings. The minimum atomic E-state index is -0.811. The summed E-state index contributed by atoms with van der Waals surface area (Å²) in [5, 5.41) is 8.99. The summed E-state index contributed by atoms with van der Waals surface area (Å²) in [6.07, 6.45) is 1.64. The molecule has 2 bridgehead atoms. The Kier molecular flexibility index (Phi) is 2.33. The van der Waals surface area contributed by atoms with Crippen molar-refractivity contribution in [3.63, 3.8) is 0 Å². The van der Waals surface area contributed by atoms with Crippen molar-refractivity contribution in [1.29, 1.82) is 0 Å². The predicted molar refractivity (Wildman–Crippen MR) is 55.7 cm³/mol. The van der Waals surface area contributed by atoms with Gasteiger partial charge >= 0.3 is 11.9 Å². The van der Waals surface area contributed by atoms with Gasteiger partial charge in [-0.15, -0.1) is 0 Å². The van der Waals surface area contributed by atoms with Gasteiger partial charge in [-0.3, -0.25) is 9.59 Å². The molecule has 0 aromatic carbocycles. The first-order valence-electron chi connectivity index (χ1n) is 5.04. The molecule has 3 fully saturated rings. The number of esters is 1. The Balaban J connectivity index is 1.99. The van der Waals surface area contributed by atoms with E-state index in [0.29, 0.717) is 19.4 Å². The highest BCUT2D eigenvalue weighted by atomic mass is 79.9. The number of carbonyl (C=O) groups is 2. The van der Waals surface area contributed by atoms with Gasteiger partial charge in [-0.25, -0.2) is 0 Å². The highest BCUT2D eigenvalue weighted by molar-refractivity contribution is 9.09. The summed E-state index contributed by atoms with van der Waals surface area (Å²) in [5.74, 6) is -1.05. The van der Waals surface area contributed by atoms with Crippen molar-refractivity contribution in [2.24, 2.45) is 10.8 Å². The van der Waals surface area contributed by atoms with E-state index < -0.39 is 16.8 Å². The molecule has 84 valence electrons. The fraction of sp³-hybridized carbons (Fsp3) is 0.800. The molecule has 5 heteroatoms. The number of halogens is 1. The van der Waals surface area contributed by atoms with Crippen LogP contribution in [0.2, 0.25) is 0 Å². The van der Waals surface area contributed by atoms with E-state index in [2.05, 4.69) is 15.9 Å². The number of carbonyl (C=O) groups excluding carboxylic acids is 1. The van der Waals surface area contributed by atoms with Gasteiger partial charge in [-0.1, -0.05) is 22.9 Å². The maximum absolute atomic E-state index is 11.7. The van der Waals surface area contributed by atoms with Crippen molar-refractivity contribution in [2.45, 2.75) is 31.0 Å².